The molecule has 0 aliphatic carbocycles. The molecule has 1 unspecified atom stereocenters. The fraction of sp³-hybridized carbons (Fsp3) is 0.786. The van der Waals surface area contributed by atoms with Gasteiger partial charge >= 0.3 is 0 Å². The first-order valence-corrected chi connectivity index (χ1v) is 6.96. The summed E-state index contributed by atoms with van der Waals surface area (Å²) in [5.41, 5.74) is 7.35. The Labute approximate surface area is 110 Å². The van der Waals surface area contributed by atoms with Crippen molar-refractivity contribution in [1.82, 2.24) is 14.7 Å². The van der Waals surface area contributed by atoms with E-state index in [1.54, 1.807) is 0 Å². The van der Waals surface area contributed by atoms with Gasteiger partial charge in [0.25, 0.3) is 0 Å². The van der Waals surface area contributed by atoms with E-state index < -0.39 is 0 Å². The van der Waals surface area contributed by atoms with Crippen LogP contribution in [0.4, 0.5) is 5.82 Å². The lowest BCUT2D eigenvalue weighted by atomic mass is 10.0. The van der Waals surface area contributed by atoms with E-state index in [4.69, 9.17) is 5.73 Å². The standard InChI is InChI=1S/C14H26N4/c1-11-7-5-6-8-17(11)10-12-9-16-18(13(12)15)14(2,3)4/h9,11H,5-8,10,15H2,1-4H3. The monoisotopic (exact) mass is 250 g/mol. The van der Waals surface area contributed by atoms with Gasteiger partial charge in [-0.15, -0.1) is 0 Å². The number of rotatable bonds is 2. The molecule has 0 bridgehead atoms. The molecule has 18 heavy (non-hydrogen) atoms. The van der Waals surface area contributed by atoms with Crippen LogP contribution in [0.2, 0.25) is 0 Å². The Morgan fingerprint density at radius 3 is 2.67 bits per heavy atom. The van der Waals surface area contributed by atoms with E-state index in [-0.39, 0.29) is 5.54 Å². The zero-order valence-corrected chi connectivity index (χ0v) is 12.1. The summed E-state index contributed by atoms with van der Waals surface area (Å²) < 4.78 is 1.93. The molecule has 4 nitrogen and oxygen atoms in total. The van der Waals surface area contributed by atoms with Crippen LogP contribution >= 0.6 is 0 Å². The molecular weight excluding hydrogens is 224 g/mol. The molecule has 1 atom stereocenters. The third-order valence-electron chi connectivity index (χ3n) is 3.84. The lowest BCUT2D eigenvalue weighted by molar-refractivity contribution is 0.153. The Morgan fingerprint density at radius 1 is 1.39 bits per heavy atom. The van der Waals surface area contributed by atoms with Gasteiger partial charge in [0.05, 0.1) is 11.7 Å². The maximum Gasteiger partial charge on any atom is 0.126 e. The highest BCUT2D eigenvalue weighted by Crippen LogP contribution is 2.24. The van der Waals surface area contributed by atoms with E-state index in [2.05, 4.69) is 37.7 Å². The quantitative estimate of drug-likeness (QED) is 0.877. The Bertz CT molecular complexity index is 402. The molecule has 1 aromatic heterocycles. The number of nitrogen functional groups attached to an aromatic ring is 1. The highest BCUT2D eigenvalue weighted by atomic mass is 15.3. The molecule has 0 saturated carbocycles. The minimum atomic E-state index is -0.0458. The van der Waals surface area contributed by atoms with Crippen molar-refractivity contribution in [3.8, 4) is 0 Å². The van der Waals surface area contributed by atoms with Crippen LogP contribution < -0.4 is 5.73 Å². The van der Waals surface area contributed by atoms with Crippen LogP contribution in [0.1, 0.15) is 52.5 Å². The third-order valence-corrected chi connectivity index (χ3v) is 3.84. The average molecular weight is 250 g/mol. The largest absolute Gasteiger partial charge is 0.384 e. The highest BCUT2D eigenvalue weighted by molar-refractivity contribution is 5.39. The van der Waals surface area contributed by atoms with Crippen LogP contribution in [0.3, 0.4) is 0 Å². The third kappa shape index (κ3) is 2.69. The van der Waals surface area contributed by atoms with Gasteiger partial charge in [-0.25, -0.2) is 4.68 Å². The Morgan fingerprint density at radius 2 is 2.11 bits per heavy atom. The lowest BCUT2D eigenvalue weighted by Gasteiger charge is -2.33. The number of likely N-dealkylation sites (tertiary alicyclic amines) is 1. The summed E-state index contributed by atoms with van der Waals surface area (Å²) in [6, 6.07) is 0.663. The minimum Gasteiger partial charge on any atom is -0.384 e. The molecule has 1 aromatic rings. The molecule has 1 saturated heterocycles. The zero-order chi connectivity index (χ0) is 13.3. The van der Waals surface area contributed by atoms with E-state index in [0.29, 0.717) is 6.04 Å². The normalized spacial score (nSPS) is 22.3. The number of hydrogen-bond acceptors (Lipinski definition) is 3. The van der Waals surface area contributed by atoms with Crippen LogP contribution in [-0.2, 0) is 12.1 Å². The maximum atomic E-state index is 6.23. The SMILES string of the molecule is CC1CCCCN1Cc1cnn(C(C)(C)C)c1N. The molecule has 0 radical (unpaired) electrons. The second-order valence-corrected chi connectivity index (χ2v) is 6.45. The van der Waals surface area contributed by atoms with Crippen molar-refractivity contribution in [2.24, 2.45) is 0 Å². The Kier molecular flexibility index (Phi) is 3.66. The van der Waals surface area contributed by atoms with Gasteiger partial charge in [-0.05, 0) is 47.1 Å². The van der Waals surface area contributed by atoms with Crippen molar-refractivity contribution in [3.63, 3.8) is 0 Å². The highest BCUT2D eigenvalue weighted by Gasteiger charge is 2.23. The van der Waals surface area contributed by atoms with E-state index in [9.17, 15) is 0 Å². The molecule has 0 aromatic carbocycles. The Balaban J connectivity index is 2.12. The average Bonchev–Trinajstić information content (AvgIpc) is 2.63. The second-order valence-electron chi connectivity index (χ2n) is 6.45. The zero-order valence-electron chi connectivity index (χ0n) is 12.1. The van der Waals surface area contributed by atoms with E-state index in [1.165, 1.54) is 31.4 Å². The molecule has 1 aliphatic rings. The van der Waals surface area contributed by atoms with Gasteiger partial charge in [-0.3, -0.25) is 4.90 Å². The number of aromatic nitrogens is 2. The van der Waals surface area contributed by atoms with Crippen LogP contribution in [0.5, 0.6) is 0 Å². The fourth-order valence-electron chi connectivity index (χ4n) is 2.66. The van der Waals surface area contributed by atoms with Gasteiger partial charge in [-0.2, -0.15) is 5.10 Å². The molecule has 0 amide bonds. The maximum absolute atomic E-state index is 6.23. The number of hydrogen-bond donors (Lipinski definition) is 1. The van der Waals surface area contributed by atoms with E-state index in [1.807, 2.05) is 10.9 Å². The number of piperidine rings is 1. The van der Waals surface area contributed by atoms with Gasteiger partial charge in [0.1, 0.15) is 5.82 Å². The smallest absolute Gasteiger partial charge is 0.126 e. The minimum absolute atomic E-state index is 0.0458. The van der Waals surface area contributed by atoms with Crippen LogP contribution in [0.25, 0.3) is 0 Å². The van der Waals surface area contributed by atoms with Gasteiger partial charge in [0, 0.05) is 18.2 Å². The first kappa shape index (κ1) is 13.4. The summed E-state index contributed by atoms with van der Waals surface area (Å²) >= 11 is 0. The predicted molar refractivity (Wildman–Crippen MR) is 75.4 cm³/mol. The molecule has 2 heterocycles. The van der Waals surface area contributed by atoms with Crippen molar-refractivity contribution in [2.75, 3.05) is 12.3 Å². The summed E-state index contributed by atoms with van der Waals surface area (Å²) in [6.45, 7) is 10.8. The van der Waals surface area contributed by atoms with E-state index in [0.717, 1.165) is 12.4 Å². The molecule has 2 rings (SSSR count). The van der Waals surface area contributed by atoms with Crippen LogP contribution in [-0.4, -0.2) is 27.3 Å². The molecular formula is C14H26N4. The second kappa shape index (κ2) is 4.92. The molecule has 2 N–H and O–H groups in total. The van der Waals surface area contributed by atoms with Crippen molar-refractivity contribution in [3.05, 3.63) is 11.8 Å². The van der Waals surface area contributed by atoms with Gasteiger partial charge in [0.15, 0.2) is 0 Å². The van der Waals surface area contributed by atoms with Crippen LogP contribution in [0, 0.1) is 0 Å². The summed E-state index contributed by atoms with van der Waals surface area (Å²) in [6.07, 6.45) is 5.89. The lowest BCUT2D eigenvalue weighted by Crippen LogP contribution is -2.37. The van der Waals surface area contributed by atoms with Crippen molar-refractivity contribution in [2.45, 2.75) is 65.1 Å². The predicted octanol–water partition coefficient (Wildman–Crippen LogP) is 2.59. The van der Waals surface area contributed by atoms with Gasteiger partial charge in [0.2, 0.25) is 0 Å². The first-order valence-electron chi connectivity index (χ1n) is 6.96. The van der Waals surface area contributed by atoms with Crippen LogP contribution in [0.15, 0.2) is 6.20 Å². The summed E-state index contributed by atoms with van der Waals surface area (Å²) in [5, 5.41) is 4.44. The first-order chi connectivity index (χ1) is 8.39. The molecule has 0 spiro atoms. The van der Waals surface area contributed by atoms with Gasteiger partial charge in [-0.1, -0.05) is 6.42 Å². The molecule has 102 valence electrons. The summed E-state index contributed by atoms with van der Waals surface area (Å²) in [5.74, 6) is 0.820. The van der Waals surface area contributed by atoms with Crippen molar-refractivity contribution in [1.29, 1.82) is 0 Å². The number of nitrogens with zero attached hydrogens (tertiary/aromatic N) is 3. The van der Waals surface area contributed by atoms with E-state index >= 15 is 0 Å². The topological polar surface area (TPSA) is 47.1 Å². The van der Waals surface area contributed by atoms with Crippen molar-refractivity contribution >= 4 is 5.82 Å². The molecule has 1 fully saturated rings. The molecule has 4 heteroatoms. The van der Waals surface area contributed by atoms with Crippen molar-refractivity contribution < 1.29 is 0 Å². The molecule has 1 aliphatic heterocycles. The fourth-order valence-corrected chi connectivity index (χ4v) is 2.66. The number of nitrogens with two attached hydrogens (primary N) is 1. The van der Waals surface area contributed by atoms with Gasteiger partial charge < -0.3 is 5.73 Å². The summed E-state index contributed by atoms with van der Waals surface area (Å²) in [7, 11) is 0. The summed E-state index contributed by atoms with van der Waals surface area (Å²) in [4.78, 5) is 2.52. The number of anilines is 1. The Hall–Kier alpha value is -1.03.